The number of amides is 1. The van der Waals surface area contributed by atoms with Gasteiger partial charge in [0, 0.05) is 34.4 Å². The quantitative estimate of drug-likeness (QED) is 0.782. The predicted molar refractivity (Wildman–Crippen MR) is 91.0 cm³/mol. The van der Waals surface area contributed by atoms with Crippen LogP contribution in [0.3, 0.4) is 0 Å². The highest BCUT2D eigenvalue weighted by molar-refractivity contribution is 14.1. The van der Waals surface area contributed by atoms with Gasteiger partial charge >= 0.3 is 0 Å². The van der Waals surface area contributed by atoms with Crippen LogP contribution in [0.1, 0.15) is 19.4 Å². The summed E-state index contributed by atoms with van der Waals surface area (Å²) in [6.45, 7) is 8.63. The second-order valence-corrected chi connectivity index (χ2v) is 6.92. The van der Waals surface area contributed by atoms with Crippen LogP contribution in [0.25, 0.3) is 0 Å². The smallest absolute Gasteiger partial charge is 0.238 e. The summed E-state index contributed by atoms with van der Waals surface area (Å²) in [5, 5.41) is 6.48. The standard InChI is InChI=1S/C15H22IN3O/c1-10-6-13(16)4-5-14(10)18-15(20)9-19-7-11(2)17-12(3)8-19/h4-6,11-12,17H,7-9H2,1-3H3,(H,18,20). The van der Waals surface area contributed by atoms with Crippen LogP contribution in [-0.4, -0.2) is 42.5 Å². The van der Waals surface area contributed by atoms with Crippen LogP contribution in [-0.2, 0) is 4.79 Å². The van der Waals surface area contributed by atoms with Gasteiger partial charge in [-0.2, -0.15) is 0 Å². The lowest BCUT2D eigenvalue weighted by Gasteiger charge is -2.35. The lowest BCUT2D eigenvalue weighted by atomic mass is 10.1. The van der Waals surface area contributed by atoms with Crippen LogP contribution in [0.5, 0.6) is 0 Å². The Kier molecular flexibility index (Phi) is 5.40. The molecule has 110 valence electrons. The molecule has 0 aromatic heterocycles. The van der Waals surface area contributed by atoms with Gasteiger partial charge in [-0.1, -0.05) is 0 Å². The Labute approximate surface area is 134 Å². The summed E-state index contributed by atoms with van der Waals surface area (Å²) in [7, 11) is 0. The minimum Gasteiger partial charge on any atom is -0.325 e. The normalized spacial score (nSPS) is 23.6. The molecule has 0 radical (unpaired) electrons. The van der Waals surface area contributed by atoms with Crippen LogP contribution in [0.2, 0.25) is 0 Å². The molecule has 1 heterocycles. The zero-order valence-electron chi connectivity index (χ0n) is 12.2. The third kappa shape index (κ3) is 4.43. The molecular weight excluding hydrogens is 365 g/mol. The van der Waals surface area contributed by atoms with Gasteiger partial charge in [-0.25, -0.2) is 0 Å². The van der Waals surface area contributed by atoms with Crippen LogP contribution in [0, 0.1) is 10.5 Å². The van der Waals surface area contributed by atoms with Gasteiger partial charge < -0.3 is 10.6 Å². The summed E-state index contributed by atoms with van der Waals surface area (Å²) in [5.41, 5.74) is 2.01. The van der Waals surface area contributed by atoms with Gasteiger partial charge in [0.05, 0.1) is 6.54 Å². The van der Waals surface area contributed by atoms with E-state index in [0.29, 0.717) is 18.6 Å². The van der Waals surface area contributed by atoms with E-state index in [-0.39, 0.29) is 5.91 Å². The van der Waals surface area contributed by atoms with Crippen molar-refractivity contribution in [3.8, 4) is 0 Å². The largest absolute Gasteiger partial charge is 0.325 e. The van der Waals surface area contributed by atoms with Gasteiger partial charge in [-0.05, 0) is 67.1 Å². The molecule has 0 aliphatic carbocycles. The topological polar surface area (TPSA) is 44.4 Å². The first kappa shape index (κ1) is 15.7. The molecule has 2 unspecified atom stereocenters. The Balaban J connectivity index is 1.92. The Hall–Kier alpha value is -0.660. The highest BCUT2D eigenvalue weighted by atomic mass is 127. The number of nitrogens with one attached hydrogen (secondary N) is 2. The van der Waals surface area contributed by atoms with Gasteiger partial charge in [0.2, 0.25) is 5.91 Å². The number of piperazine rings is 1. The second kappa shape index (κ2) is 6.87. The molecule has 1 fully saturated rings. The Bertz CT molecular complexity index is 482. The average molecular weight is 387 g/mol. The third-order valence-electron chi connectivity index (χ3n) is 3.46. The van der Waals surface area contributed by atoms with Gasteiger partial charge in [0.1, 0.15) is 0 Å². The Morgan fingerprint density at radius 1 is 1.40 bits per heavy atom. The van der Waals surface area contributed by atoms with Crippen molar-refractivity contribution < 1.29 is 4.79 Å². The van der Waals surface area contributed by atoms with Crippen molar-refractivity contribution in [2.75, 3.05) is 25.0 Å². The van der Waals surface area contributed by atoms with E-state index in [1.807, 2.05) is 19.1 Å². The number of aryl methyl sites for hydroxylation is 1. The van der Waals surface area contributed by atoms with Gasteiger partial charge in [0.15, 0.2) is 0 Å². The molecule has 2 rings (SSSR count). The van der Waals surface area contributed by atoms with E-state index < -0.39 is 0 Å². The third-order valence-corrected chi connectivity index (χ3v) is 4.13. The fourth-order valence-corrected chi connectivity index (χ4v) is 3.38. The fraction of sp³-hybridized carbons (Fsp3) is 0.533. The van der Waals surface area contributed by atoms with Crippen molar-refractivity contribution in [2.45, 2.75) is 32.9 Å². The lowest BCUT2D eigenvalue weighted by Crippen LogP contribution is -2.55. The van der Waals surface area contributed by atoms with Crippen LogP contribution < -0.4 is 10.6 Å². The minimum atomic E-state index is 0.0654. The zero-order chi connectivity index (χ0) is 14.7. The number of halogens is 1. The molecule has 2 atom stereocenters. The van der Waals surface area contributed by atoms with Crippen LogP contribution in [0.4, 0.5) is 5.69 Å². The molecule has 1 aliphatic rings. The maximum Gasteiger partial charge on any atom is 0.238 e. The summed E-state index contributed by atoms with van der Waals surface area (Å²) >= 11 is 2.28. The first-order valence-electron chi connectivity index (χ1n) is 6.98. The van der Waals surface area contributed by atoms with E-state index >= 15 is 0 Å². The number of nitrogens with zero attached hydrogens (tertiary/aromatic N) is 1. The molecule has 20 heavy (non-hydrogen) atoms. The van der Waals surface area contributed by atoms with Crippen LogP contribution in [0.15, 0.2) is 18.2 Å². The Morgan fingerprint density at radius 2 is 2.05 bits per heavy atom. The molecule has 2 N–H and O–H groups in total. The fourth-order valence-electron chi connectivity index (χ4n) is 2.73. The van der Waals surface area contributed by atoms with Gasteiger partial charge in [-0.15, -0.1) is 0 Å². The van der Waals surface area contributed by atoms with Crippen molar-refractivity contribution in [1.82, 2.24) is 10.2 Å². The SMILES string of the molecule is Cc1cc(I)ccc1NC(=O)CN1CC(C)NC(C)C1. The van der Waals surface area contributed by atoms with Gasteiger partial charge in [-0.3, -0.25) is 9.69 Å². The number of benzene rings is 1. The highest BCUT2D eigenvalue weighted by Gasteiger charge is 2.22. The summed E-state index contributed by atoms with van der Waals surface area (Å²) in [6.07, 6.45) is 0. The van der Waals surface area contributed by atoms with E-state index in [1.54, 1.807) is 0 Å². The maximum atomic E-state index is 12.2. The van der Waals surface area contributed by atoms with Gasteiger partial charge in [0.25, 0.3) is 0 Å². The summed E-state index contributed by atoms with van der Waals surface area (Å²) < 4.78 is 1.18. The molecular formula is C15H22IN3O. The molecule has 0 saturated carbocycles. The highest BCUT2D eigenvalue weighted by Crippen LogP contribution is 2.17. The number of hydrogen-bond donors (Lipinski definition) is 2. The number of hydrogen-bond acceptors (Lipinski definition) is 3. The Morgan fingerprint density at radius 3 is 2.65 bits per heavy atom. The van der Waals surface area contributed by atoms with E-state index in [2.05, 4.69) is 58.0 Å². The van der Waals surface area contributed by atoms with Crippen molar-refractivity contribution in [2.24, 2.45) is 0 Å². The lowest BCUT2D eigenvalue weighted by molar-refractivity contribution is -0.117. The van der Waals surface area contributed by atoms with Crippen molar-refractivity contribution in [3.05, 3.63) is 27.3 Å². The van der Waals surface area contributed by atoms with E-state index in [0.717, 1.165) is 24.3 Å². The molecule has 1 aromatic rings. The number of carbonyl (C=O) groups excluding carboxylic acids is 1. The average Bonchev–Trinajstić information content (AvgIpc) is 2.31. The summed E-state index contributed by atoms with van der Waals surface area (Å²) in [6, 6.07) is 6.93. The first-order chi connectivity index (χ1) is 9.44. The van der Waals surface area contributed by atoms with E-state index in [4.69, 9.17) is 0 Å². The number of carbonyl (C=O) groups is 1. The first-order valence-corrected chi connectivity index (χ1v) is 8.06. The van der Waals surface area contributed by atoms with E-state index in [1.165, 1.54) is 3.57 Å². The molecule has 1 amide bonds. The molecule has 5 heteroatoms. The zero-order valence-corrected chi connectivity index (χ0v) is 14.4. The molecule has 1 aliphatic heterocycles. The summed E-state index contributed by atoms with van der Waals surface area (Å²) in [4.78, 5) is 14.4. The van der Waals surface area contributed by atoms with Crippen molar-refractivity contribution in [1.29, 1.82) is 0 Å². The van der Waals surface area contributed by atoms with Crippen molar-refractivity contribution >= 4 is 34.2 Å². The molecule has 0 spiro atoms. The summed E-state index contributed by atoms with van der Waals surface area (Å²) in [5.74, 6) is 0.0654. The molecule has 4 nitrogen and oxygen atoms in total. The van der Waals surface area contributed by atoms with Crippen molar-refractivity contribution in [3.63, 3.8) is 0 Å². The monoisotopic (exact) mass is 387 g/mol. The minimum absolute atomic E-state index is 0.0654. The second-order valence-electron chi connectivity index (χ2n) is 5.67. The van der Waals surface area contributed by atoms with E-state index in [9.17, 15) is 4.79 Å². The maximum absolute atomic E-state index is 12.2. The number of anilines is 1. The predicted octanol–water partition coefficient (Wildman–Crippen LogP) is 2.22. The molecule has 1 aromatic carbocycles. The number of rotatable bonds is 3. The van der Waals surface area contributed by atoms with Crippen LogP contribution >= 0.6 is 22.6 Å². The molecule has 0 bridgehead atoms. The molecule has 1 saturated heterocycles.